The Hall–Kier alpha value is -11.8. The van der Waals surface area contributed by atoms with E-state index in [-0.39, 0.29) is 176 Å². The van der Waals surface area contributed by atoms with E-state index in [9.17, 15) is 92.0 Å². The molecule has 0 spiro atoms. The van der Waals surface area contributed by atoms with Gasteiger partial charge in [0, 0.05) is 95.3 Å². The molecule has 0 unspecified atom stereocenters. The van der Waals surface area contributed by atoms with E-state index in [1.165, 1.54) is 52.0 Å². The van der Waals surface area contributed by atoms with E-state index in [1.807, 2.05) is 26.0 Å². The molecule has 5 rings (SSSR count). The summed E-state index contributed by atoms with van der Waals surface area (Å²) in [5.41, 5.74) is 26.9. The van der Waals surface area contributed by atoms with Crippen LogP contribution in [0.2, 0.25) is 0 Å². The zero-order chi connectivity index (χ0) is 112. The summed E-state index contributed by atoms with van der Waals surface area (Å²) in [6.07, 6.45) is 3.36. The summed E-state index contributed by atoms with van der Waals surface area (Å²) in [6.45, 7) is 21.9. The number of hydrogen-bond donors (Lipinski definition) is 22. The number of Topliss-reactive ketones (excluding diaryl/α,β-unsaturated/α-hetero) is 13. The fourth-order valence-electron chi connectivity index (χ4n) is 16.9. The normalized spacial score (nSPS) is 21.5. The number of likely N-dealkylation sites (N-methyl/N-ethyl adjacent to an activating group) is 1. The van der Waals surface area contributed by atoms with Crippen molar-refractivity contribution in [2.24, 2.45) is 23.3 Å². The number of phenolic OH excluding ortho intramolecular Hbond substituents is 1. The van der Waals surface area contributed by atoms with Crippen LogP contribution >= 0.6 is 0 Å². The number of aliphatic hydroxyl groups is 1. The molecule has 1 aromatic heterocycles. The molecule has 0 bridgehead atoms. The molecular weight excluding hydrogens is 1930 g/mol. The number of carboxylic acid groups (broad SMARTS) is 1. The zero-order valence-corrected chi connectivity index (χ0v) is 89.6. The number of carboxylic acids is 1. The van der Waals surface area contributed by atoms with Crippen molar-refractivity contribution in [1.29, 1.82) is 0 Å². The molecule has 3 aromatic carbocycles. The van der Waals surface area contributed by atoms with Gasteiger partial charge in [-0.05, 0) is 200 Å². The summed E-state index contributed by atoms with van der Waals surface area (Å²) in [4.78, 5) is 283. The van der Waals surface area contributed by atoms with Crippen molar-refractivity contribution in [3.63, 3.8) is 0 Å². The predicted molar refractivity (Wildman–Crippen MR) is 564 cm³/mol. The second-order valence-corrected chi connectivity index (χ2v) is 40.7. The molecule has 4 aromatic rings. The molecule has 24 N–H and O–H groups in total. The number of aromatic amines is 1. The van der Waals surface area contributed by atoms with Crippen LogP contribution in [-0.4, -0.2) is 297 Å². The lowest BCUT2D eigenvalue weighted by Crippen LogP contribution is -2.65. The molecule has 0 saturated heterocycles. The number of hydrogen-bond acceptors (Lipinski definition) is 35. The second-order valence-electron chi connectivity index (χ2n) is 40.7. The van der Waals surface area contributed by atoms with Crippen molar-refractivity contribution in [2.75, 3.05) is 53.0 Å². The van der Waals surface area contributed by atoms with Crippen LogP contribution in [0.1, 0.15) is 248 Å². The van der Waals surface area contributed by atoms with Crippen LogP contribution in [0.25, 0.3) is 10.9 Å². The third-order valence-corrected chi connectivity index (χ3v) is 26.6. The minimum Gasteiger partial charge on any atom is -0.508 e. The number of amides is 6. The summed E-state index contributed by atoms with van der Waals surface area (Å²) in [5.74, 6) is -15.0. The van der Waals surface area contributed by atoms with Gasteiger partial charge in [-0.2, -0.15) is 0 Å². The van der Waals surface area contributed by atoms with Crippen LogP contribution in [-0.2, 0) is 115 Å². The van der Waals surface area contributed by atoms with Gasteiger partial charge in [0.25, 0.3) is 0 Å². The molecular formula is C107H164N20O23. The average molecular weight is 2100 g/mol. The first-order valence-electron chi connectivity index (χ1n) is 52.1. The summed E-state index contributed by atoms with van der Waals surface area (Å²) in [7, 11) is 1.67. The van der Waals surface area contributed by atoms with Crippen molar-refractivity contribution in [3.8, 4) is 5.75 Å². The Labute approximate surface area is 878 Å². The number of allylic oxidation sites excluding steroid dienone is 2. The van der Waals surface area contributed by atoms with Gasteiger partial charge in [0.1, 0.15) is 41.5 Å². The van der Waals surface area contributed by atoms with Gasteiger partial charge in [-0.3, -0.25) is 106 Å². The van der Waals surface area contributed by atoms with Crippen LogP contribution in [0.3, 0.4) is 0 Å². The third-order valence-electron chi connectivity index (χ3n) is 26.6. The number of ketones is 13. The molecule has 150 heavy (non-hydrogen) atoms. The van der Waals surface area contributed by atoms with Crippen LogP contribution in [0.5, 0.6) is 5.75 Å². The minimum atomic E-state index is -2.09. The smallest absolute Gasteiger partial charge is 0.303 e. The maximum absolute atomic E-state index is 15.7. The van der Waals surface area contributed by atoms with Crippen molar-refractivity contribution < 1.29 is 111 Å². The lowest BCUT2D eigenvalue weighted by atomic mass is 9.85. The Morgan fingerprint density at radius 3 is 1.65 bits per heavy atom. The maximum Gasteiger partial charge on any atom is 0.303 e. The standard InChI is InChI=1S/C107H164N20O23/c1-63(2)52-83(117-72(12)129)103(148)119-98(71(11)128)101(146)99(144)82(54-73-30-24-23-25-31-73)125-126-107(14)48-29-22-20-18-16-17-19-21-28-47-106(13,94(139)60-114-68(8)90(135)46-51-112-67(7)89(134)45-50-111-66(6)88(133)44-49-110-65(5)86(131)40-41-87(132)69(9)116-62-127(15)61-96(109)141)120-105(150)84(53-64(3)4)123-121-79(38-42-95(108)140)93(138)59-113-70(10)91(136)57-92(137)81(56-75-58-115-78-33-27-26-32-77(75)78)122-124-85(55-74-34-36-76(130)37-35-74)104(149)118-80(39-43-97(142)143)100(145)102(107)147/h17,19,23-27,30-37,58,63-71,79-85,98,110-116,121-126,128,130H,16,18,20-22,28-29,38-57,59-62H2,1-15H3,(H2,108,140)(H2,109,141)(H,117,129)(H,118,149)(H,119,148)(H,120,150)(H,142,143)/b19-17+/t65-,66-,67-,68-,69-,70-,71+,79-,80-,81-,82-,83-,84-,85-,98-,106-,107+/m0/s1. The number of nitrogens with two attached hydrogens (primary N) is 2. The number of phenols is 1. The number of rotatable bonds is 55. The van der Waals surface area contributed by atoms with Gasteiger partial charge in [0.15, 0.2) is 40.5 Å². The molecule has 43 heteroatoms. The summed E-state index contributed by atoms with van der Waals surface area (Å²) in [6, 6.07) is 4.54. The first-order valence-corrected chi connectivity index (χ1v) is 52.1. The molecule has 6 amide bonds. The topological polar surface area (TPSA) is 666 Å². The van der Waals surface area contributed by atoms with E-state index >= 15 is 19.2 Å². The Bertz CT molecular complexity index is 5210. The summed E-state index contributed by atoms with van der Waals surface area (Å²) >= 11 is 0. The van der Waals surface area contributed by atoms with Gasteiger partial charge < -0.3 is 79.6 Å². The highest BCUT2D eigenvalue weighted by Gasteiger charge is 2.45. The minimum absolute atomic E-state index is 0.00388. The number of benzene rings is 3. The van der Waals surface area contributed by atoms with Crippen LogP contribution in [0.4, 0.5) is 0 Å². The predicted octanol–water partition coefficient (Wildman–Crippen LogP) is 1.80. The van der Waals surface area contributed by atoms with Gasteiger partial charge in [-0.25, -0.2) is 32.6 Å². The number of aliphatic carboxylic acids is 1. The lowest BCUT2D eigenvalue weighted by Gasteiger charge is -2.33. The molecule has 2 heterocycles. The number of aromatic nitrogens is 1. The number of carbonyl (C=O) groups excluding carboxylic acids is 19. The Morgan fingerprint density at radius 1 is 0.533 bits per heavy atom. The number of H-pyrrole nitrogens is 1. The van der Waals surface area contributed by atoms with Gasteiger partial charge in [0.2, 0.25) is 58.6 Å². The van der Waals surface area contributed by atoms with Gasteiger partial charge in [-0.1, -0.05) is 120 Å². The number of aromatic hydroxyl groups is 1. The Kier molecular flexibility index (Phi) is 56.7. The highest BCUT2D eigenvalue weighted by atomic mass is 16.4. The number of nitrogens with one attached hydrogen (secondary N) is 17. The molecule has 0 aliphatic carbocycles. The fourth-order valence-corrected chi connectivity index (χ4v) is 16.9. The molecule has 0 radical (unpaired) electrons. The van der Waals surface area contributed by atoms with Gasteiger partial charge in [0.05, 0.1) is 104 Å². The van der Waals surface area contributed by atoms with E-state index in [0.717, 1.165) is 0 Å². The molecule has 17 atom stereocenters. The van der Waals surface area contributed by atoms with E-state index in [2.05, 4.69) is 90.7 Å². The third kappa shape index (κ3) is 46.6. The van der Waals surface area contributed by atoms with E-state index < -0.39 is 222 Å². The SMILES string of the molecule is CC(=O)N[C@@H](CC(C)C)C(=O)N[C@H](C(=O)C(=O)[C@H](Cc1ccccc1)NN[C@]1(C)CCCCCC/C=C/CCC[C@@](C)(C(=O)CN[C@@H](C)C(=O)CCN[C@@H](C)C(=O)CCN[C@@H](C)C(=O)CCN[C@@H](C)C(=O)CCC(=O)[C@H](C)NCN(C)CC(N)=O)NC(=O)[C@H](CC(C)C)NN[C@@H](CCC(N)=O)C(=O)CN[C@@H](C)C(=O)CC(=O)[C@H](Cc2c[nH]c3ccccc23)NN[C@@H](Cc2ccc(O)cc2)C(=O)N[C@@H](CCC(=O)O)C(=O)C1=O)[C@@H](C)O. The Morgan fingerprint density at radius 2 is 1.08 bits per heavy atom. The molecule has 1 aliphatic heterocycles. The fraction of sp³-hybridized carbons (Fsp3) is 0.607. The first kappa shape index (κ1) is 129. The maximum atomic E-state index is 15.7. The van der Waals surface area contributed by atoms with Crippen molar-refractivity contribution in [1.82, 2.24) is 95.6 Å². The van der Waals surface area contributed by atoms with Crippen molar-refractivity contribution >= 4 is 127 Å². The average Bonchev–Trinajstić information content (AvgIpc) is 0.880. The number of nitrogens with zero attached hydrogens (tertiary/aromatic N) is 1. The zero-order valence-electron chi connectivity index (χ0n) is 89.6. The highest BCUT2D eigenvalue weighted by molar-refractivity contribution is 6.43. The van der Waals surface area contributed by atoms with Crippen LogP contribution in [0, 0.1) is 11.8 Å². The number of primary amides is 2. The first-order chi connectivity index (χ1) is 70.8. The molecule has 1 aliphatic rings. The quantitative estimate of drug-likeness (QED) is 0.00985. The highest BCUT2D eigenvalue weighted by Crippen LogP contribution is 2.26. The van der Waals surface area contributed by atoms with Crippen LogP contribution in [0.15, 0.2) is 97.2 Å². The van der Waals surface area contributed by atoms with E-state index in [1.54, 1.807) is 128 Å². The van der Waals surface area contributed by atoms with Crippen molar-refractivity contribution in [3.05, 3.63) is 114 Å². The van der Waals surface area contributed by atoms with Crippen LogP contribution < -0.4 is 97.2 Å². The Balaban J connectivity index is 1.45. The largest absolute Gasteiger partial charge is 0.508 e. The number of aliphatic hydroxyl groups excluding tert-OH is 1. The lowest BCUT2D eigenvalue weighted by molar-refractivity contribution is -0.144. The molecule has 0 fully saturated rings. The number of carbonyl (C=O) groups is 20. The van der Waals surface area contributed by atoms with Crippen molar-refractivity contribution in [2.45, 2.75) is 353 Å². The van der Waals surface area contributed by atoms with E-state index in [4.69, 9.17) is 11.5 Å². The van der Waals surface area contributed by atoms with Gasteiger partial charge >= 0.3 is 5.97 Å². The number of hydrazine groups is 3. The molecule has 43 nitrogen and oxygen atoms in total. The summed E-state index contributed by atoms with van der Waals surface area (Å²) < 4.78 is 0. The molecule has 0 saturated carbocycles. The van der Waals surface area contributed by atoms with Gasteiger partial charge in [-0.15, -0.1) is 0 Å². The number of fused-ring (bicyclic) bond motifs is 1. The summed E-state index contributed by atoms with van der Waals surface area (Å²) in [5, 5.41) is 61.2. The van der Waals surface area contributed by atoms with E-state index in [0.29, 0.717) is 66.1 Å². The number of para-hydroxylation sites is 1. The second kappa shape index (κ2) is 66.1. The molecule has 830 valence electrons. The monoisotopic (exact) mass is 2100 g/mol.